The van der Waals surface area contributed by atoms with E-state index in [1.165, 1.54) is 5.56 Å². The van der Waals surface area contributed by atoms with Crippen LogP contribution in [0.3, 0.4) is 0 Å². The van der Waals surface area contributed by atoms with Crippen LogP contribution < -0.4 is 10.5 Å². The number of nitrogens with zero attached hydrogens (tertiary/aromatic N) is 2. The van der Waals surface area contributed by atoms with Crippen molar-refractivity contribution in [1.82, 2.24) is 4.98 Å². The first-order valence-corrected chi connectivity index (χ1v) is 8.93. The molecule has 0 radical (unpaired) electrons. The van der Waals surface area contributed by atoms with E-state index in [-0.39, 0.29) is 0 Å². The molecule has 0 saturated carbocycles. The molecule has 1 heterocycles. The number of hydrogen-bond donors (Lipinski definition) is 1. The number of hydrogen-bond acceptors (Lipinski definition) is 4. The third-order valence-electron chi connectivity index (χ3n) is 4.82. The molecule has 1 atom stereocenters. The van der Waals surface area contributed by atoms with Crippen LogP contribution in [0.5, 0.6) is 5.75 Å². The number of anilines is 1. The molecule has 1 aromatic carbocycles. The first kappa shape index (κ1) is 16.8. The van der Waals surface area contributed by atoms with Gasteiger partial charge in [0.05, 0.1) is 11.6 Å². The van der Waals surface area contributed by atoms with E-state index in [2.05, 4.69) is 33.9 Å². The molecule has 124 valence electrons. The second kappa shape index (κ2) is 6.82. The standard InChI is InChI=1S/C19H20BrN3O/c1-3-11-4-6-16-13(8-11)18(14(10-21)19(22)23-16)12-5-7-17(24-2)15(20)9-12/h5,7,9,11H,3-4,6,8H2,1-2H3,(H2,22,23). The summed E-state index contributed by atoms with van der Waals surface area (Å²) >= 11 is 3.54. The van der Waals surface area contributed by atoms with Gasteiger partial charge in [-0.05, 0) is 64.4 Å². The highest BCUT2D eigenvalue weighted by atomic mass is 79.9. The SMILES string of the molecule is CCC1CCc2nc(N)c(C#N)c(-c3ccc(OC)c(Br)c3)c2C1. The van der Waals surface area contributed by atoms with Crippen molar-refractivity contribution in [3.8, 4) is 22.9 Å². The van der Waals surface area contributed by atoms with Crippen molar-refractivity contribution in [3.63, 3.8) is 0 Å². The van der Waals surface area contributed by atoms with Crippen LogP contribution in [0.2, 0.25) is 0 Å². The van der Waals surface area contributed by atoms with Crippen molar-refractivity contribution in [2.24, 2.45) is 5.92 Å². The molecule has 2 N–H and O–H groups in total. The van der Waals surface area contributed by atoms with E-state index in [0.717, 1.165) is 52.7 Å². The van der Waals surface area contributed by atoms with Crippen LogP contribution in [0.25, 0.3) is 11.1 Å². The normalized spacial score (nSPS) is 16.3. The van der Waals surface area contributed by atoms with Crippen LogP contribution in [-0.2, 0) is 12.8 Å². The lowest BCUT2D eigenvalue weighted by atomic mass is 9.80. The molecule has 0 saturated heterocycles. The van der Waals surface area contributed by atoms with Crippen molar-refractivity contribution in [1.29, 1.82) is 5.26 Å². The molecule has 0 aliphatic heterocycles. The molecule has 4 nitrogen and oxygen atoms in total. The predicted octanol–water partition coefficient (Wildman–Crippen LogP) is 4.49. The average Bonchev–Trinajstić information content (AvgIpc) is 2.60. The summed E-state index contributed by atoms with van der Waals surface area (Å²) in [5, 5.41) is 9.65. The number of aromatic nitrogens is 1. The van der Waals surface area contributed by atoms with Gasteiger partial charge in [0, 0.05) is 11.3 Å². The highest BCUT2D eigenvalue weighted by Crippen LogP contribution is 2.40. The van der Waals surface area contributed by atoms with Crippen molar-refractivity contribution in [2.75, 3.05) is 12.8 Å². The van der Waals surface area contributed by atoms with Crippen LogP contribution in [0, 0.1) is 17.2 Å². The molecule has 1 aromatic heterocycles. The summed E-state index contributed by atoms with van der Waals surface area (Å²) < 4.78 is 6.17. The monoisotopic (exact) mass is 385 g/mol. The van der Waals surface area contributed by atoms with E-state index >= 15 is 0 Å². The van der Waals surface area contributed by atoms with Gasteiger partial charge in [-0.3, -0.25) is 0 Å². The Morgan fingerprint density at radius 2 is 2.25 bits per heavy atom. The van der Waals surface area contributed by atoms with E-state index in [1.54, 1.807) is 7.11 Å². The number of pyridine rings is 1. The van der Waals surface area contributed by atoms with Gasteiger partial charge in [0.2, 0.25) is 0 Å². The quantitative estimate of drug-likeness (QED) is 0.844. The van der Waals surface area contributed by atoms with Crippen molar-refractivity contribution >= 4 is 21.7 Å². The average molecular weight is 386 g/mol. The summed E-state index contributed by atoms with van der Waals surface area (Å²) in [4.78, 5) is 4.51. The zero-order valence-electron chi connectivity index (χ0n) is 13.9. The number of aryl methyl sites for hydroxylation is 1. The van der Waals surface area contributed by atoms with E-state index in [0.29, 0.717) is 17.3 Å². The molecular formula is C19H20BrN3O. The van der Waals surface area contributed by atoms with Crippen molar-refractivity contribution in [3.05, 3.63) is 39.5 Å². The highest BCUT2D eigenvalue weighted by Gasteiger charge is 2.26. The molecule has 0 fully saturated rings. The number of ether oxygens (including phenoxy) is 1. The Bertz CT molecular complexity index is 826. The molecule has 5 heteroatoms. The molecule has 0 spiro atoms. The fourth-order valence-corrected chi connectivity index (χ4v) is 3.99. The number of nitrogen functional groups attached to an aromatic ring is 1. The lowest BCUT2D eigenvalue weighted by Crippen LogP contribution is -2.18. The van der Waals surface area contributed by atoms with Gasteiger partial charge in [-0.15, -0.1) is 0 Å². The van der Waals surface area contributed by atoms with E-state index in [4.69, 9.17) is 10.5 Å². The number of halogens is 1. The van der Waals surface area contributed by atoms with Crippen molar-refractivity contribution < 1.29 is 4.74 Å². The number of methoxy groups -OCH3 is 1. The van der Waals surface area contributed by atoms with Crippen LogP contribution >= 0.6 is 15.9 Å². The number of nitrogens with two attached hydrogens (primary N) is 1. The maximum Gasteiger partial charge on any atom is 0.142 e. The van der Waals surface area contributed by atoms with Crippen LogP contribution in [0.4, 0.5) is 5.82 Å². The molecule has 0 amide bonds. The lowest BCUT2D eigenvalue weighted by Gasteiger charge is -2.26. The first-order valence-electron chi connectivity index (χ1n) is 8.14. The summed E-state index contributed by atoms with van der Waals surface area (Å²) in [6.07, 6.45) is 4.14. The minimum Gasteiger partial charge on any atom is -0.496 e. The van der Waals surface area contributed by atoms with Gasteiger partial charge >= 0.3 is 0 Å². The Morgan fingerprint density at radius 1 is 1.46 bits per heavy atom. The van der Waals surface area contributed by atoms with Gasteiger partial charge in [-0.1, -0.05) is 19.4 Å². The fourth-order valence-electron chi connectivity index (χ4n) is 3.45. The second-order valence-electron chi connectivity index (χ2n) is 6.15. The van der Waals surface area contributed by atoms with Gasteiger partial charge in [0.1, 0.15) is 23.2 Å². The molecule has 1 aliphatic rings. The zero-order valence-corrected chi connectivity index (χ0v) is 15.5. The molecule has 0 bridgehead atoms. The van der Waals surface area contributed by atoms with Crippen LogP contribution in [0.1, 0.15) is 36.6 Å². The molecule has 1 aliphatic carbocycles. The van der Waals surface area contributed by atoms with E-state index in [9.17, 15) is 5.26 Å². The summed E-state index contributed by atoms with van der Waals surface area (Å²) in [6, 6.07) is 8.14. The van der Waals surface area contributed by atoms with E-state index in [1.807, 2.05) is 18.2 Å². The Labute approximate surface area is 150 Å². The first-order chi connectivity index (χ1) is 11.6. The molecule has 24 heavy (non-hydrogen) atoms. The van der Waals surface area contributed by atoms with Crippen LogP contribution in [0.15, 0.2) is 22.7 Å². The summed E-state index contributed by atoms with van der Waals surface area (Å²) in [6.45, 7) is 2.22. The van der Waals surface area contributed by atoms with Crippen LogP contribution in [-0.4, -0.2) is 12.1 Å². The predicted molar refractivity (Wildman–Crippen MR) is 98.9 cm³/mol. The minimum absolute atomic E-state index is 0.327. The summed E-state index contributed by atoms with van der Waals surface area (Å²) in [5.41, 5.74) is 10.7. The molecule has 1 unspecified atom stereocenters. The van der Waals surface area contributed by atoms with Crippen molar-refractivity contribution in [2.45, 2.75) is 32.6 Å². The third-order valence-corrected chi connectivity index (χ3v) is 5.44. The smallest absolute Gasteiger partial charge is 0.142 e. The maximum atomic E-state index is 9.65. The number of benzene rings is 1. The number of fused-ring (bicyclic) bond motifs is 1. The molecule has 2 aromatic rings. The van der Waals surface area contributed by atoms with Gasteiger partial charge in [-0.2, -0.15) is 5.26 Å². The minimum atomic E-state index is 0.327. The summed E-state index contributed by atoms with van der Waals surface area (Å²) in [5.74, 6) is 1.72. The Morgan fingerprint density at radius 3 is 2.88 bits per heavy atom. The van der Waals surface area contributed by atoms with E-state index < -0.39 is 0 Å². The zero-order chi connectivity index (χ0) is 17.3. The van der Waals surface area contributed by atoms with Gasteiger partial charge in [0.15, 0.2) is 0 Å². The Kier molecular flexibility index (Phi) is 4.77. The summed E-state index contributed by atoms with van der Waals surface area (Å²) in [7, 11) is 1.64. The molecule has 3 rings (SSSR count). The Hall–Kier alpha value is -2.06. The third kappa shape index (κ3) is 2.87. The second-order valence-corrected chi connectivity index (χ2v) is 7.00. The number of rotatable bonds is 3. The Balaban J connectivity index is 2.24. The van der Waals surface area contributed by atoms with Gasteiger partial charge < -0.3 is 10.5 Å². The topological polar surface area (TPSA) is 71.9 Å². The largest absolute Gasteiger partial charge is 0.496 e. The lowest BCUT2D eigenvalue weighted by molar-refractivity contribution is 0.412. The maximum absolute atomic E-state index is 9.65. The van der Waals surface area contributed by atoms with Gasteiger partial charge in [-0.25, -0.2) is 4.98 Å². The molecular weight excluding hydrogens is 366 g/mol. The number of nitriles is 1. The fraction of sp³-hybridized carbons (Fsp3) is 0.368. The highest BCUT2D eigenvalue weighted by molar-refractivity contribution is 9.10. The van der Waals surface area contributed by atoms with Gasteiger partial charge in [0.25, 0.3) is 0 Å².